The molecule has 2 N–H and O–H groups in total. The number of carbonyl (C=O) groups is 1. The Balaban J connectivity index is 1.58. The highest BCUT2D eigenvalue weighted by molar-refractivity contribution is 8.00. The van der Waals surface area contributed by atoms with Crippen LogP contribution in [0.3, 0.4) is 0 Å². The topological polar surface area (TPSA) is 52.6 Å². The minimum Gasteiger partial charge on any atom is -0.374 e. The van der Waals surface area contributed by atoms with Crippen molar-refractivity contribution in [2.24, 2.45) is 0 Å². The van der Waals surface area contributed by atoms with E-state index in [-0.39, 0.29) is 17.1 Å². The van der Waals surface area contributed by atoms with Gasteiger partial charge in [0.2, 0.25) is 5.91 Å². The van der Waals surface area contributed by atoms with Crippen molar-refractivity contribution in [1.82, 2.24) is 5.32 Å². The number of benzene rings is 2. The summed E-state index contributed by atoms with van der Waals surface area (Å²) in [4.78, 5) is 14.3. The first-order chi connectivity index (χ1) is 13.0. The molecule has 1 saturated heterocycles. The van der Waals surface area contributed by atoms with E-state index in [1.807, 2.05) is 25.1 Å². The molecule has 2 atom stereocenters. The second kappa shape index (κ2) is 7.62. The summed E-state index contributed by atoms with van der Waals surface area (Å²) in [7, 11) is 0. The fourth-order valence-electron chi connectivity index (χ4n) is 3.57. The van der Waals surface area contributed by atoms with Crippen LogP contribution >= 0.6 is 11.8 Å². The molecule has 4 rings (SSSR count). The van der Waals surface area contributed by atoms with Gasteiger partial charge in [-0.25, -0.2) is 4.39 Å². The standard InChI is InChI=1S/C21H23FN2O2S/c1-13-11-15(20(26)23-17-3-2-4-17)7-10-18(13)24-19(25)12-27-21(24)14-5-8-16(22)9-6-14/h5-11,17,20-21,23,26H,2-4,12H2,1H3. The summed E-state index contributed by atoms with van der Waals surface area (Å²) < 4.78 is 13.3. The van der Waals surface area contributed by atoms with E-state index < -0.39 is 6.23 Å². The number of halogens is 1. The predicted molar refractivity (Wildman–Crippen MR) is 106 cm³/mol. The number of aliphatic hydroxyl groups is 1. The molecule has 1 heterocycles. The highest BCUT2D eigenvalue weighted by atomic mass is 32.2. The summed E-state index contributed by atoms with van der Waals surface area (Å²) in [5.74, 6) is 0.154. The number of nitrogens with one attached hydrogen (secondary N) is 1. The maximum absolute atomic E-state index is 13.3. The maximum atomic E-state index is 13.3. The van der Waals surface area contributed by atoms with Crippen molar-refractivity contribution in [2.75, 3.05) is 10.7 Å². The highest BCUT2D eigenvalue weighted by Crippen LogP contribution is 2.43. The van der Waals surface area contributed by atoms with Gasteiger partial charge in [0.25, 0.3) is 0 Å². The summed E-state index contributed by atoms with van der Waals surface area (Å²) in [5.41, 5.74) is 3.48. The molecule has 2 aliphatic rings. The number of amides is 1. The van der Waals surface area contributed by atoms with Crippen molar-refractivity contribution in [2.45, 2.75) is 43.8 Å². The van der Waals surface area contributed by atoms with Crippen molar-refractivity contribution >= 4 is 23.4 Å². The third-order valence-electron chi connectivity index (χ3n) is 5.32. The van der Waals surface area contributed by atoms with E-state index in [9.17, 15) is 14.3 Å². The molecule has 4 nitrogen and oxygen atoms in total. The van der Waals surface area contributed by atoms with Gasteiger partial charge in [-0.05, 0) is 54.7 Å². The molecule has 2 fully saturated rings. The number of hydrogen-bond acceptors (Lipinski definition) is 4. The number of hydrogen-bond donors (Lipinski definition) is 2. The Morgan fingerprint density at radius 1 is 1.22 bits per heavy atom. The average molecular weight is 386 g/mol. The largest absolute Gasteiger partial charge is 0.374 e. The Morgan fingerprint density at radius 3 is 2.59 bits per heavy atom. The van der Waals surface area contributed by atoms with Gasteiger partial charge in [-0.1, -0.05) is 30.7 Å². The van der Waals surface area contributed by atoms with Crippen molar-refractivity contribution in [3.63, 3.8) is 0 Å². The van der Waals surface area contributed by atoms with E-state index in [0.717, 1.165) is 35.2 Å². The molecular formula is C21H23FN2O2S. The van der Waals surface area contributed by atoms with Crippen molar-refractivity contribution < 1.29 is 14.3 Å². The summed E-state index contributed by atoms with van der Waals surface area (Å²) in [5, 5.41) is 13.5. The molecule has 0 radical (unpaired) electrons. The second-order valence-electron chi connectivity index (χ2n) is 7.22. The fraction of sp³-hybridized carbons (Fsp3) is 0.381. The zero-order valence-corrected chi connectivity index (χ0v) is 16.0. The van der Waals surface area contributed by atoms with Crippen LogP contribution in [-0.2, 0) is 4.79 Å². The van der Waals surface area contributed by atoms with Gasteiger partial charge in [-0.2, -0.15) is 0 Å². The first kappa shape index (κ1) is 18.5. The van der Waals surface area contributed by atoms with Gasteiger partial charge in [-0.15, -0.1) is 11.8 Å². The van der Waals surface area contributed by atoms with Crippen LogP contribution in [0, 0.1) is 12.7 Å². The smallest absolute Gasteiger partial charge is 0.238 e. The Morgan fingerprint density at radius 2 is 1.96 bits per heavy atom. The van der Waals surface area contributed by atoms with Crippen LogP contribution in [0.5, 0.6) is 0 Å². The van der Waals surface area contributed by atoms with Gasteiger partial charge < -0.3 is 5.11 Å². The summed E-state index contributed by atoms with van der Waals surface area (Å²) in [6.45, 7) is 1.95. The molecule has 1 saturated carbocycles. The van der Waals surface area contributed by atoms with Gasteiger partial charge >= 0.3 is 0 Å². The zero-order valence-electron chi connectivity index (χ0n) is 15.2. The molecule has 1 aliphatic carbocycles. The molecule has 0 aromatic heterocycles. The molecule has 142 valence electrons. The van der Waals surface area contributed by atoms with E-state index in [1.165, 1.54) is 18.6 Å². The van der Waals surface area contributed by atoms with Gasteiger partial charge in [0.05, 0.1) is 5.75 Å². The third-order valence-corrected chi connectivity index (χ3v) is 6.53. The van der Waals surface area contributed by atoms with Crippen LogP contribution in [0.1, 0.15) is 47.6 Å². The van der Waals surface area contributed by atoms with E-state index >= 15 is 0 Å². The lowest BCUT2D eigenvalue weighted by Gasteiger charge is -2.30. The molecule has 2 unspecified atom stereocenters. The second-order valence-corrected chi connectivity index (χ2v) is 8.29. The van der Waals surface area contributed by atoms with Crippen molar-refractivity contribution in [3.05, 3.63) is 65.0 Å². The maximum Gasteiger partial charge on any atom is 0.238 e. The van der Waals surface area contributed by atoms with E-state index in [0.29, 0.717) is 11.8 Å². The molecule has 2 aromatic carbocycles. The summed E-state index contributed by atoms with van der Waals surface area (Å²) in [6, 6.07) is 12.4. The normalized spacial score (nSPS) is 21.4. The van der Waals surface area contributed by atoms with E-state index in [4.69, 9.17) is 0 Å². The lowest BCUT2D eigenvalue weighted by Crippen LogP contribution is -2.37. The highest BCUT2D eigenvalue weighted by Gasteiger charge is 2.35. The summed E-state index contributed by atoms with van der Waals surface area (Å²) in [6.07, 6.45) is 2.72. The number of nitrogens with zero attached hydrogens (tertiary/aromatic N) is 1. The molecule has 1 amide bonds. The van der Waals surface area contributed by atoms with E-state index in [2.05, 4.69) is 5.32 Å². The SMILES string of the molecule is Cc1cc(C(O)NC2CCC2)ccc1N1C(=O)CSC1c1ccc(F)cc1. The quantitative estimate of drug-likeness (QED) is 0.762. The first-order valence-corrected chi connectivity index (χ1v) is 10.3. The van der Waals surface area contributed by atoms with Crippen LogP contribution in [0.2, 0.25) is 0 Å². The number of anilines is 1. The molecule has 6 heteroatoms. The first-order valence-electron chi connectivity index (χ1n) is 9.27. The van der Waals surface area contributed by atoms with Crippen LogP contribution in [-0.4, -0.2) is 22.8 Å². The number of rotatable bonds is 5. The van der Waals surface area contributed by atoms with Gasteiger partial charge in [0, 0.05) is 11.7 Å². The average Bonchev–Trinajstić information content (AvgIpc) is 3.00. The van der Waals surface area contributed by atoms with Gasteiger partial charge in [0.15, 0.2) is 0 Å². The monoisotopic (exact) mass is 386 g/mol. The van der Waals surface area contributed by atoms with Crippen LogP contribution in [0.15, 0.2) is 42.5 Å². The Bertz CT molecular complexity index is 839. The third kappa shape index (κ3) is 3.74. The zero-order chi connectivity index (χ0) is 19.0. The molecule has 0 bridgehead atoms. The number of carbonyl (C=O) groups excluding carboxylic acids is 1. The van der Waals surface area contributed by atoms with Crippen LogP contribution in [0.4, 0.5) is 10.1 Å². The molecule has 1 aliphatic heterocycles. The van der Waals surface area contributed by atoms with Crippen LogP contribution < -0.4 is 10.2 Å². The number of aliphatic hydroxyl groups excluding tert-OH is 1. The van der Waals surface area contributed by atoms with E-state index in [1.54, 1.807) is 28.8 Å². The lowest BCUT2D eigenvalue weighted by molar-refractivity contribution is -0.115. The van der Waals surface area contributed by atoms with Crippen molar-refractivity contribution in [3.8, 4) is 0 Å². The molecular weight excluding hydrogens is 363 g/mol. The molecule has 2 aromatic rings. The Labute approximate surface area is 162 Å². The Hall–Kier alpha value is -1.89. The van der Waals surface area contributed by atoms with Gasteiger partial charge in [0.1, 0.15) is 17.4 Å². The van der Waals surface area contributed by atoms with Crippen molar-refractivity contribution in [1.29, 1.82) is 0 Å². The molecule has 27 heavy (non-hydrogen) atoms. The van der Waals surface area contributed by atoms with Gasteiger partial charge in [-0.3, -0.25) is 15.0 Å². The fourth-order valence-corrected chi connectivity index (χ4v) is 4.74. The minimum atomic E-state index is -0.695. The minimum absolute atomic E-state index is 0.0401. The Kier molecular flexibility index (Phi) is 5.21. The van der Waals surface area contributed by atoms with Crippen LogP contribution in [0.25, 0.3) is 0 Å². The predicted octanol–water partition coefficient (Wildman–Crippen LogP) is 4.05. The summed E-state index contributed by atoms with van der Waals surface area (Å²) >= 11 is 1.54. The number of aryl methyl sites for hydroxylation is 1. The molecule has 0 spiro atoms. The number of thioether (sulfide) groups is 1. The lowest BCUT2D eigenvalue weighted by atomic mass is 9.92.